The third-order valence-corrected chi connectivity index (χ3v) is 5.54. The zero-order chi connectivity index (χ0) is 17.1. The van der Waals surface area contributed by atoms with E-state index in [0.717, 1.165) is 13.0 Å². The lowest BCUT2D eigenvalue weighted by Gasteiger charge is -2.31. The predicted octanol–water partition coefficient (Wildman–Crippen LogP) is 4.26. The van der Waals surface area contributed by atoms with E-state index in [4.69, 9.17) is 4.55 Å². The molecular weight excluding hydrogens is 298 g/mol. The van der Waals surface area contributed by atoms with Crippen molar-refractivity contribution in [2.75, 3.05) is 27.2 Å². The quantitative estimate of drug-likeness (QED) is 0.293. The first-order valence-electron chi connectivity index (χ1n) is 8.97. The van der Waals surface area contributed by atoms with Gasteiger partial charge in [0.1, 0.15) is 5.25 Å². The van der Waals surface area contributed by atoms with E-state index >= 15 is 0 Å². The molecule has 5 heteroatoms. The van der Waals surface area contributed by atoms with Crippen molar-refractivity contribution in [1.82, 2.24) is 0 Å². The number of unbranched alkanes of at least 4 members (excludes halogenated alkanes) is 9. The summed E-state index contributed by atoms with van der Waals surface area (Å²) in [6.07, 6.45) is 13.1. The molecule has 0 saturated carbocycles. The lowest BCUT2D eigenvalue weighted by molar-refractivity contribution is -0.890. The van der Waals surface area contributed by atoms with E-state index in [1.807, 2.05) is 14.1 Å². The van der Waals surface area contributed by atoms with Crippen molar-refractivity contribution in [1.29, 1.82) is 0 Å². The standard InChI is InChI=1S/C17H37NO3S/c1-5-6-7-8-9-10-11-12-13-14-15-18(3,4)16-17(2)22(19,20)21/h17H,5-16H2,1-4H3/p+1. The molecule has 0 spiro atoms. The number of rotatable bonds is 14. The number of quaternary nitrogens is 1. The lowest BCUT2D eigenvalue weighted by Crippen LogP contribution is -2.47. The highest BCUT2D eigenvalue weighted by molar-refractivity contribution is 7.86. The van der Waals surface area contributed by atoms with Crippen molar-refractivity contribution < 1.29 is 17.5 Å². The van der Waals surface area contributed by atoms with Gasteiger partial charge in [-0.25, -0.2) is 0 Å². The molecule has 0 heterocycles. The minimum absolute atomic E-state index is 0.469. The molecule has 0 aliphatic carbocycles. The molecule has 0 rings (SSSR count). The van der Waals surface area contributed by atoms with Gasteiger partial charge in [-0.1, -0.05) is 58.3 Å². The third kappa shape index (κ3) is 12.4. The second kappa shape index (κ2) is 11.4. The SMILES string of the molecule is CCCCCCCCCCCC[N+](C)(C)CC(C)S(=O)(=O)O. The molecule has 4 nitrogen and oxygen atoms in total. The molecule has 0 radical (unpaired) electrons. The molecule has 22 heavy (non-hydrogen) atoms. The molecule has 0 aliphatic heterocycles. The highest BCUT2D eigenvalue weighted by atomic mass is 32.2. The lowest BCUT2D eigenvalue weighted by atomic mass is 10.1. The summed E-state index contributed by atoms with van der Waals surface area (Å²) in [5.41, 5.74) is 0. The van der Waals surface area contributed by atoms with Gasteiger partial charge >= 0.3 is 0 Å². The van der Waals surface area contributed by atoms with Crippen LogP contribution in [0, 0.1) is 0 Å². The van der Waals surface area contributed by atoms with Crippen LogP contribution in [0.2, 0.25) is 0 Å². The van der Waals surface area contributed by atoms with E-state index in [1.165, 1.54) is 57.8 Å². The summed E-state index contributed by atoms with van der Waals surface area (Å²) >= 11 is 0. The number of nitrogens with zero attached hydrogens (tertiary/aromatic N) is 1. The molecular formula is C17H38NO3S+. The molecule has 0 amide bonds. The smallest absolute Gasteiger partial charge is 0.273 e. The Morgan fingerprint density at radius 1 is 0.864 bits per heavy atom. The summed E-state index contributed by atoms with van der Waals surface area (Å²) < 4.78 is 31.9. The molecule has 0 aromatic rings. The Hall–Kier alpha value is -0.130. The van der Waals surface area contributed by atoms with Gasteiger partial charge in [-0.05, 0) is 19.8 Å². The van der Waals surface area contributed by atoms with Crippen LogP contribution in [-0.2, 0) is 10.1 Å². The molecule has 0 aliphatic rings. The molecule has 1 atom stereocenters. The van der Waals surface area contributed by atoms with Crippen LogP contribution in [0.15, 0.2) is 0 Å². The van der Waals surface area contributed by atoms with Gasteiger partial charge in [0.15, 0.2) is 0 Å². The third-order valence-electron chi connectivity index (χ3n) is 4.38. The molecule has 0 aromatic heterocycles. The van der Waals surface area contributed by atoms with Crippen molar-refractivity contribution in [2.45, 2.75) is 83.3 Å². The monoisotopic (exact) mass is 336 g/mol. The highest BCUT2D eigenvalue weighted by Gasteiger charge is 2.26. The van der Waals surface area contributed by atoms with Gasteiger partial charge in [-0.3, -0.25) is 4.55 Å². The Morgan fingerprint density at radius 2 is 1.27 bits per heavy atom. The maximum Gasteiger partial charge on any atom is 0.273 e. The largest absolute Gasteiger partial charge is 0.327 e. The Labute approximate surface area is 138 Å². The molecule has 134 valence electrons. The van der Waals surface area contributed by atoms with Gasteiger partial charge in [0.2, 0.25) is 0 Å². The minimum atomic E-state index is -3.90. The first-order chi connectivity index (χ1) is 10.2. The first-order valence-corrected chi connectivity index (χ1v) is 10.5. The van der Waals surface area contributed by atoms with E-state index in [2.05, 4.69) is 6.92 Å². The highest BCUT2D eigenvalue weighted by Crippen LogP contribution is 2.13. The summed E-state index contributed by atoms with van der Waals surface area (Å²) in [4.78, 5) is 0. The fourth-order valence-electron chi connectivity index (χ4n) is 2.91. The number of hydrogen-bond donors (Lipinski definition) is 1. The number of hydrogen-bond acceptors (Lipinski definition) is 2. The van der Waals surface area contributed by atoms with Crippen LogP contribution in [0.3, 0.4) is 0 Å². The van der Waals surface area contributed by atoms with E-state index in [9.17, 15) is 8.42 Å². The second-order valence-electron chi connectivity index (χ2n) is 7.35. The normalized spacial score (nSPS) is 14.2. The van der Waals surface area contributed by atoms with Crippen LogP contribution < -0.4 is 0 Å². The summed E-state index contributed by atoms with van der Waals surface area (Å²) in [6, 6.07) is 0. The van der Waals surface area contributed by atoms with Crippen molar-refractivity contribution in [3.05, 3.63) is 0 Å². The molecule has 0 fully saturated rings. The maximum atomic E-state index is 11.1. The van der Waals surface area contributed by atoms with Crippen molar-refractivity contribution >= 4 is 10.1 Å². The van der Waals surface area contributed by atoms with Crippen LogP contribution in [0.4, 0.5) is 0 Å². The maximum absolute atomic E-state index is 11.1. The van der Waals surface area contributed by atoms with Crippen LogP contribution >= 0.6 is 0 Å². The van der Waals surface area contributed by atoms with E-state index in [-0.39, 0.29) is 0 Å². The average Bonchev–Trinajstić information content (AvgIpc) is 2.39. The predicted molar refractivity (Wildman–Crippen MR) is 94.7 cm³/mol. The summed E-state index contributed by atoms with van der Waals surface area (Å²) in [5, 5.41) is -0.689. The Kier molecular flexibility index (Phi) is 11.3. The van der Waals surface area contributed by atoms with E-state index in [1.54, 1.807) is 6.92 Å². The van der Waals surface area contributed by atoms with E-state index < -0.39 is 15.4 Å². The van der Waals surface area contributed by atoms with Crippen LogP contribution in [-0.4, -0.2) is 49.9 Å². The van der Waals surface area contributed by atoms with E-state index in [0.29, 0.717) is 11.0 Å². The molecule has 0 saturated heterocycles. The zero-order valence-electron chi connectivity index (χ0n) is 15.2. The summed E-state index contributed by atoms with van der Waals surface area (Å²) in [7, 11) is 0.170. The molecule has 0 aromatic carbocycles. The Bertz CT molecular complexity index is 366. The van der Waals surface area contributed by atoms with Crippen LogP contribution in [0.1, 0.15) is 78.1 Å². The van der Waals surface area contributed by atoms with Gasteiger partial charge in [0.25, 0.3) is 10.1 Å². The fourth-order valence-corrected chi connectivity index (χ4v) is 3.50. The Morgan fingerprint density at radius 3 is 1.68 bits per heavy atom. The topological polar surface area (TPSA) is 54.4 Å². The van der Waals surface area contributed by atoms with Crippen LogP contribution in [0.5, 0.6) is 0 Å². The van der Waals surface area contributed by atoms with Crippen molar-refractivity contribution in [2.24, 2.45) is 0 Å². The van der Waals surface area contributed by atoms with Gasteiger partial charge in [0, 0.05) is 0 Å². The van der Waals surface area contributed by atoms with Gasteiger partial charge in [0.05, 0.1) is 27.2 Å². The molecule has 0 bridgehead atoms. The summed E-state index contributed by atoms with van der Waals surface area (Å²) in [6.45, 7) is 5.26. The fraction of sp³-hybridized carbons (Fsp3) is 1.00. The Balaban J connectivity index is 3.61. The van der Waals surface area contributed by atoms with Crippen molar-refractivity contribution in [3.63, 3.8) is 0 Å². The van der Waals surface area contributed by atoms with Crippen LogP contribution in [0.25, 0.3) is 0 Å². The van der Waals surface area contributed by atoms with Gasteiger partial charge < -0.3 is 4.48 Å². The van der Waals surface area contributed by atoms with Crippen molar-refractivity contribution in [3.8, 4) is 0 Å². The minimum Gasteiger partial charge on any atom is -0.327 e. The van der Waals surface area contributed by atoms with Gasteiger partial charge in [-0.2, -0.15) is 8.42 Å². The zero-order valence-corrected chi connectivity index (χ0v) is 16.0. The average molecular weight is 337 g/mol. The molecule has 1 unspecified atom stereocenters. The first kappa shape index (κ1) is 21.9. The van der Waals surface area contributed by atoms with Gasteiger partial charge in [-0.15, -0.1) is 0 Å². The molecule has 1 N–H and O–H groups in total. The second-order valence-corrected chi connectivity index (χ2v) is 9.18. The summed E-state index contributed by atoms with van der Waals surface area (Å²) in [5.74, 6) is 0.